The van der Waals surface area contributed by atoms with Crippen molar-refractivity contribution in [2.45, 2.75) is 32.4 Å². The molecule has 192 valence electrons. The summed E-state index contributed by atoms with van der Waals surface area (Å²) in [6, 6.07) is 13.0. The fourth-order valence-corrected chi connectivity index (χ4v) is 4.79. The van der Waals surface area contributed by atoms with Crippen LogP contribution in [0, 0.1) is 0 Å². The zero-order valence-electron chi connectivity index (χ0n) is 20.9. The number of hydrogen-bond donors (Lipinski definition) is 1. The first-order chi connectivity index (χ1) is 17.4. The Bertz CT molecular complexity index is 1100. The Kier molecular flexibility index (Phi) is 8.71. The molecule has 2 aliphatic rings. The van der Waals surface area contributed by atoms with E-state index in [4.69, 9.17) is 14.2 Å². The van der Waals surface area contributed by atoms with Crippen LogP contribution in [-0.4, -0.2) is 72.7 Å². The van der Waals surface area contributed by atoms with Crippen LogP contribution in [-0.2, 0) is 11.3 Å². The van der Waals surface area contributed by atoms with Crippen molar-refractivity contribution in [1.82, 2.24) is 9.91 Å². The first kappa shape index (κ1) is 25.8. The number of anilines is 1. The van der Waals surface area contributed by atoms with Crippen LogP contribution >= 0.6 is 11.8 Å². The van der Waals surface area contributed by atoms with Crippen molar-refractivity contribution < 1.29 is 23.8 Å². The first-order valence-electron chi connectivity index (χ1n) is 12.0. The standard InChI is InChI=1S/C26H32N4O5S/c1-4-34-24-15-19(7-10-23(24)33-3)22-17-36-26(32)30(28-22)16-18-5-8-20(9-6-18)27-25(31)35-21-11-13-29(2)14-12-21/h5-10,15,21H,4,11-14,16-17H2,1-3H3,(H,27,31). The van der Waals surface area contributed by atoms with Crippen LogP contribution in [0.3, 0.4) is 0 Å². The molecule has 2 aromatic carbocycles. The van der Waals surface area contributed by atoms with Gasteiger partial charge < -0.3 is 19.1 Å². The molecule has 2 aliphatic heterocycles. The number of thioether (sulfide) groups is 1. The van der Waals surface area contributed by atoms with Crippen LogP contribution in [0.1, 0.15) is 30.9 Å². The van der Waals surface area contributed by atoms with Crippen molar-refractivity contribution >= 4 is 34.5 Å². The molecule has 1 saturated heterocycles. The van der Waals surface area contributed by atoms with Gasteiger partial charge in [-0.3, -0.25) is 10.1 Å². The van der Waals surface area contributed by atoms with Gasteiger partial charge in [0, 0.05) is 30.1 Å². The number of ether oxygens (including phenoxy) is 3. The maximum absolute atomic E-state index is 12.5. The van der Waals surface area contributed by atoms with E-state index in [0.29, 0.717) is 36.1 Å². The van der Waals surface area contributed by atoms with Gasteiger partial charge in [0.2, 0.25) is 0 Å². The van der Waals surface area contributed by atoms with Crippen LogP contribution in [0.2, 0.25) is 0 Å². The Morgan fingerprint density at radius 1 is 1.14 bits per heavy atom. The molecular formula is C26H32N4O5S. The van der Waals surface area contributed by atoms with Crippen molar-refractivity contribution in [3.05, 3.63) is 53.6 Å². The second-order valence-corrected chi connectivity index (χ2v) is 9.61. The molecule has 4 rings (SSSR count). The van der Waals surface area contributed by atoms with Gasteiger partial charge in [0.1, 0.15) is 6.10 Å². The highest BCUT2D eigenvalue weighted by molar-refractivity contribution is 8.14. The second kappa shape index (κ2) is 12.1. The predicted molar refractivity (Wildman–Crippen MR) is 141 cm³/mol. The van der Waals surface area contributed by atoms with Crippen LogP contribution < -0.4 is 14.8 Å². The second-order valence-electron chi connectivity index (χ2n) is 8.69. The Morgan fingerprint density at radius 2 is 1.89 bits per heavy atom. The fourth-order valence-electron chi connectivity index (χ4n) is 4.05. The Labute approximate surface area is 215 Å². The minimum absolute atomic E-state index is 0.0505. The average molecular weight is 513 g/mol. The molecule has 1 N–H and O–H groups in total. The Balaban J connectivity index is 1.38. The molecular weight excluding hydrogens is 480 g/mol. The quantitative estimate of drug-likeness (QED) is 0.543. The van der Waals surface area contributed by atoms with E-state index in [1.807, 2.05) is 37.3 Å². The highest BCUT2D eigenvalue weighted by atomic mass is 32.2. The van der Waals surface area contributed by atoms with Gasteiger partial charge in [0.15, 0.2) is 11.5 Å². The van der Waals surface area contributed by atoms with Crippen LogP contribution in [0.15, 0.2) is 47.6 Å². The summed E-state index contributed by atoms with van der Waals surface area (Å²) in [5.74, 6) is 1.78. The van der Waals surface area contributed by atoms with E-state index in [2.05, 4.69) is 22.4 Å². The number of rotatable bonds is 8. The number of hydrogen-bond acceptors (Lipinski definition) is 8. The van der Waals surface area contributed by atoms with E-state index >= 15 is 0 Å². The van der Waals surface area contributed by atoms with E-state index in [0.717, 1.165) is 42.8 Å². The minimum atomic E-state index is -0.444. The Hall–Kier alpha value is -3.24. The molecule has 36 heavy (non-hydrogen) atoms. The largest absolute Gasteiger partial charge is 0.493 e. The van der Waals surface area contributed by atoms with Crippen molar-refractivity contribution in [3.63, 3.8) is 0 Å². The molecule has 0 spiro atoms. The monoisotopic (exact) mass is 512 g/mol. The van der Waals surface area contributed by atoms with Crippen molar-refractivity contribution in [1.29, 1.82) is 0 Å². The normalized spacial score (nSPS) is 16.9. The average Bonchev–Trinajstić information content (AvgIpc) is 2.88. The lowest BCUT2D eigenvalue weighted by Gasteiger charge is -2.28. The predicted octanol–water partition coefficient (Wildman–Crippen LogP) is 4.81. The maximum atomic E-state index is 12.5. The fraction of sp³-hybridized carbons (Fsp3) is 0.423. The van der Waals surface area contributed by atoms with Gasteiger partial charge in [-0.2, -0.15) is 5.10 Å². The maximum Gasteiger partial charge on any atom is 0.411 e. The molecule has 2 aromatic rings. The number of methoxy groups -OCH3 is 1. The molecule has 1 fully saturated rings. The minimum Gasteiger partial charge on any atom is -0.493 e. The molecule has 2 amide bonds. The number of amides is 2. The summed E-state index contributed by atoms with van der Waals surface area (Å²) in [5.41, 5.74) is 3.21. The van der Waals surface area contributed by atoms with Gasteiger partial charge in [-0.25, -0.2) is 9.80 Å². The summed E-state index contributed by atoms with van der Waals surface area (Å²) in [5, 5.41) is 8.75. The van der Waals surface area contributed by atoms with E-state index in [1.54, 1.807) is 19.2 Å². The smallest absolute Gasteiger partial charge is 0.411 e. The lowest BCUT2D eigenvalue weighted by atomic mass is 10.1. The lowest BCUT2D eigenvalue weighted by Crippen LogP contribution is -2.36. The third kappa shape index (κ3) is 6.70. The number of likely N-dealkylation sites (tertiary alicyclic amines) is 1. The van der Waals surface area contributed by atoms with E-state index in [1.165, 1.54) is 16.8 Å². The summed E-state index contributed by atoms with van der Waals surface area (Å²) in [6.45, 7) is 4.61. The molecule has 0 aliphatic carbocycles. The molecule has 2 heterocycles. The van der Waals surface area contributed by atoms with Gasteiger partial charge >= 0.3 is 11.3 Å². The third-order valence-electron chi connectivity index (χ3n) is 6.05. The van der Waals surface area contributed by atoms with Crippen molar-refractivity contribution in [2.75, 3.05) is 44.9 Å². The number of piperidine rings is 1. The van der Waals surface area contributed by atoms with E-state index in [-0.39, 0.29) is 11.3 Å². The zero-order valence-corrected chi connectivity index (χ0v) is 21.7. The molecule has 0 bridgehead atoms. The zero-order chi connectivity index (χ0) is 25.5. The van der Waals surface area contributed by atoms with Gasteiger partial charge in [-0.05, 0) is 62.7 Å². The number of hydrazone groups is 1. The van der Waals surface area contributed by atoms with Gasteiger partial charge in [-0.1, -0.05) is 23.9 Å². The lowest BCUT2D eigenvalue weighted by molar-refractivity contribution is 0.0662. The van der Waals surface area contributed by atoms with Crippen molar-refractivity contribution in [3.8, 4) is 11.5 Å². The molecule has 10 heteroatoms. The van der Waals surface area contributed by atoms with Crippen LogP contribution in [0.5, 0.6) is 11.5 Å². The van der Waals surface area contributed by atoms with E-state index in [9.17, 15) is 9.59 Å². The number of benzene rings is 2. The summed E-state index contributed by atoms with van der Waals surface area (Å²) in [7, 11) is 3.67. The van der Waals surface area contributed by atoms with Crippen molar-refractivity contribution in [2.24, 2.45) is 5.10 Å². The van der Waals surface area contributed by atoms with Crippen LogP contribution in [0.4, 0.5) is 15.3 Å². The number of nitrogens with zero attached hydrogens (tertiary/aromatic N) is 3. The summed E-state index contributed by atoms with van der Waals surface area (Å²) < 4.78 is 16.6. The number of carbonyl (C=O) groups is 2. The number of carbonyl (C=O) groups excluding carboxylic acids is 2. The van der Waals surface area contributed by atoms with E-state index < -0.39 is 6.09 Å². The summed E-state index contributed by atoms with van der Waals surface area (Å²) in [6.07, 6.45) is 1.19. The third-order valence-corrected chi connectivity index (χ3v) is 6.93. The number of nitrogens with one attached hydrogen (secondary N) is 1. The highest BCUT2D eigenvalue weighted by Crippen LogP contribution is 2.30. The first-order valence-corrected chi connectivity index (χ1v) is 13.0. The van der Waals surface area contributed by atoms with Gasteiger partial charge in [0.25, 0.3) is 0 Å². The van der Waals surface area contributed by atoms with Gasteiger partial charge in [0.05, 0.1) is 26.0 Å². The summed E-state index contributed by atoms with van der Waals surface area (Å²) in [4.78, 5) is 27.0. The molecule has 0 radical (unpaired) electrons. The molecule has 0 aromatic heterocycles. The topological polar surface area (TPSA) is 92.7 Å². The van der Waals surface area contributed by atoms with Gasteiger partial charge in [-0.15, -0.1) is 0 Å². The Morgan fingerprint density at radius 3 is 2.58 bits per heavy atom. The SMILES string of the molecule is CCOc1cc(C2=NN(Cc3ccc(NC(=O)OC4CCN(C)CC4)cc3)C(=O)SC2)ccc1OC. The molecule has 0 saturated carbocycles. The summed E-state index contributed by atoms with van der Waals surface area (Å²) >= 11 is 1.21. The molecule has 0 unspecified atom stereocenters. The molecule has 0 atom stereocenters. The highest BCUT2D eigenvalue weighted by Gasteiger charge is 2.24. The van der Waals surface area contributed by atoms with Crippen LogP contribution in [0.25, 0.3) is 0 Å². The molecule has 9 nitrogen and oxygen atoms in total.